The van der Waals surface area contributed by atoms with E-state index in [9.17, 15) is 0 Å². The maximum absolute atomic E-state index is 5.42. The van der Waals surface area contributed by atoms with Crippen molar-refractivity contribution in [3.8, 4) is 11.5 Å². The summed E-state index contributed by atoms with van der Waals surface area (Å²) in [6.45, 7) is 2.60. The normalized spacial score (nSPS) is 17.5. The van der Waals surface area contributed by atoms with Crippen LogP contribution in [-0.4, -0.2) is 28.8 Å². The molecular weight excluding hydrogens is 254 g/mol. The van der Waals surface area contributed by atoms with Crippen LogP contribution < -0.4 is 0 Å². The minimum absolute atomic E-state index is 0.0748. The third-order valence-electron chi connectivity index (χ3n) is 4.04. The van der Waals surface area contributed by atoms with Crippen LogP contribution in [0.15, 0.2) is 22.9 Å². The number of nitrogens with zero attached hydrogens (tertiary/aromatic N) is 3. The predicted octanol–water partition coefficient (Wildman–Crippen LogP) is 2.90. The summed E-state index contributed by atoms with van der Waals surface area (Å²) in [4.78, 5) is 8.85. The van der Waals surface area contributed by atoms with Gasteiger partial charge in [0.15, 0.2) is 5.82 Å². The molecule has 0 atom stereocenters. The van der Waals surface area contributed by atoms with E-state index in [1.807, 2.05) is 19.1 Å². The van der Waals surface area contributed by atoms with Crippen molar-refractivity contribution in [2.45, 2.75) is 38.0 Å². The zero-order valence-corrected chi connectivity index (χ0v) is 11.9. The van der Waals surface area contributed by atoms with E-state index in [0.29, 0.717) is 12.5 Å². The number of hydrogen-bond acceptors (Lipinski definition) is 5. The standard InChI is InChI=1S/C15H19N3O2/c1-11-5-6-12(9-16-11)13-17-14(18-20-13)15(10-19-2)7-3-4-8-15/h5-6,9H,3-4,7-8,10H2,1-2H3. The SMILES string of the molecule is COCC1(c2noc(-c3ccc(C)nc3)n2)CCCC1. The lowest BCUT2D eigenvalue weighted by Gasteiger charge is -2.23. The number of pyridine rings is 1. The Morgan fingerprint density at radius 3 is 2.75 bits per heavy atom. The highest BCUT2D eigenvalue weighted by molar-refractivity contribution is 5.51. The first-order valence-electron chi connectivity index (χ1n) is 7.00. The Morgan fingerprint density at radius 2 is 2.10 bits per heavy atom. The second kappa shape index (κ2) is 5.32. The lowest BCUT2D eigenvalue weighted by molar-refractivity contribution is 0.125. The van der Waals surface area contributed by atoms with Crippen molar-refractivity contribution in [3.05, 3.63) is 29.8 Å². The summed E-state index contributed by atoms with van der Waals surface area (Å²) in [6, 6.07) is 3.90. The molecule has 0 unspecified atom stereocenters. The smallest absolute Gasteiger partial charge is 0.259 e. The maximum Gasteiger partial charge on any atom is 0.259 e. The molecule has 0 spiro atoms. The molecule has 20 heavy (non-hydrogen) atoms. The van der Waals surface area contributed by atoms with Crippen LogP contribution in [0.3, 0.4) is 0 Å². The number of rotatable bonds is 4. The van der Waals surface area contributed by atoms with Gasteiger partial charge in [-0.15, -0.1) is 0 Å². The highest BCUT2D eigenvalue weighted by Crippen LogP contribution is 2.40. The topological polar surface area (TPSA) is 61.0 Å². The molecule has 0 radical (unpaired) electrons. The molecule has 1 aliphatic rings. The molecule has 0 aliphatic heterocycles. The summed E-state index contributed by atoms with van der Waals surface area (Å²) in [5.74, 6) is 1.31. The molecule has 2 aromatic heterocycles. The summed E-state index contributed by atoms with van der Waals surface area (Å²) < 4.78 is 10.8. The van der Waals surface area contributed by atoms with E-state index in [1.165, 1.54) is 12.8 Å². The molecule has 106 valence electrons. The molecule has 2 aromatic rings. The van der Waals surface area contributed by atoms with Crippen LogP contribution in [-0.2, 0) is 10.2 Å². The third-order valence-corrected chi connectivity index (χ3v) is 4.04. The second-order valence-electron chi connectivity index (χ2n) is 5.53. The Balaban J connectivity index is 1.91. The molecule has 0 saturated heterocycles. The van der Waals surface area contributed by atoms with E-state index in [1.54, 1.807) is 13.3 Å². The third kappa shape index (κ3) is 2.33. The van der Waals surface area contributed by atoms with E-state index in [-0.39, 0.29) is 5.41 Å². The first-order chi connectivity index (χ1) is 9.73. The van der Waals surface area contributed by atoms with Gasteiger partial charge in [-0.05, 0) is 31.9 Å². The molecule has 5 heteroatoms. The van der Waals surface area contributed by atoms with Crippen molar-refractivity contribution in [1.82, 2.24) is 15.1 Å². The van der Waals surface area contributed by atoms with Crippen LogP contribution in [0.4, 0.5) is 0 Å². The molecule has 2 heterocycles. The highest BCUT2D eigenvalue weighted by Gasteiger charge is 2.40. The van der Waals surface area contributed by atoms with Crippen molar-refractivity contribution in [2.24, 2.45) is 0 Å². The Labute approximate surface area is 118 Å². The summed E-state index contributed by atoms with van der Waals surface area (Å²) >= 11 is 0. The van der Waals surface area contributed by atoms with Gasteiger partial charge in [-0.2, -0.15) is 4.98 Å². The molecule has 3 rings (SSSR count). The lowest BCUT2D eigenvalue weighted by atomic mass is 9.86. The van der Waals surface area contributed by atoms with E-state index in [4.69, 9.17) is 9.26 Å². The molecule has 0 aromatic carbocycles. The highest BCUT2D eigenvalue weighted by atomic mass is 16.5. The van der Waals surface area contributed by atoms with Gasteiger partial charge in [-0.25, -0.2) is 0 Å². The van der Waals surface area contributed by atoms with E-state index < -0.39 is 0 Å². The van der Waals surface area contributed by atoms with Gasteiger partial charge in [0.05, 0.1) is 17.6 Å². The molecule has 1 aliphatic carbocycles. The fourth-order valence-electron chi connectivity index (χ4n) is 2.91. The van der Waals surface area contributed by atoms with Gasteiger partial charge in [0.2, 0.25) is 0 Å². The van der Waals surface area contributed by atoms with Crippen molar-refractivity contribution in [3.63, 3.8) is 0 Å². The van der Waals surface area contributed by atoms with Gasteiger partial charge in [0.25, 0.3) is 5.89 Å². The Hall–Kier alpha value is -1.75. The van der Waals surface area contributed by atoms with Crippen molar-refractivity contribution in [1.29, 1.82) is 0 Å². The number of ether oxygens (including phenoxy) is 1. The van der Waals surface area contributed by atoms with Crippen LogP contribution in [0.1, 0.15) is 37.2 Å². The fourth-order valence-corrected chi connectivity index (χ4v) is 2.91. The Kier molecular flexibility index (Phi) is 3.53. The van der Waals surface area contributed by atoms with E-state index >= 15 is 0 Å². The average Bonchev–Trinajstić information content (AvgIpc) is 3.09. The first kappa shape index (κ1) is 13.2. The van der Waals surface area contributed by atoms with Gasteiger partial charge in [-0.1, -0.05) is 18.0 Å². The fraction of sp³-hybridized carbons (Fsp3) is 0.533. The molecular formula is C15H19N3O2. The molecule has 0 amide bonds. The van der Waals surface area contributed by atoms with E-state index in [0.717, 1.165) is 29.9 Å². The van der Waals surface area contributed by atoms with Gasteiger partial charge in [0.1, 0.15) is 0 Å². The molecule has 0 bridgehead atoms. The van der Waals surface area contributed by atoms with Crippen LogP contribution >= 0.6 is 0 Å². The zero-order valence-electron chi connectivity index (χ0n) is 11.9. The van der Waals surface area contributed by atoms with Crippen molar-refractivity contribution < 1.29 is 9.26 Å². The second-order valence-corrected chi connectivity index (χ2v) is 5.53. The lowest BCUT2D eigenvalue weighted by Crippen LogP contribution is -2.29. The van der Waals surface area contributed by atoms with Gasteiger partial charge < -0.3 is 9.26 Å². The number of aromatic nitrogens is 3. The van der Waals surface area contributed by atoms with Gasteiger partial charge in [-0.3, -0.25) is 4.98 Å². The number of aryl methyl sites for hydroxylation is 1. The summed E-state index contributed by atoms with van der Waals surface area (Å²) in [6.07, 6.45) is 6.28. The Morgan fingerprint density at radius 1 is 1.30 bits per heavy atom. The number of hydrogen-bond donors (Lipinski definition) is 0. The summed E-state index contributed by atoms with van der Waals surface area (Å²) in [7, 11) is 1.73. The molecule has 1 saturated carbocycles. The monoisotopic (exact) mass is 273 g/mol. The van der Waals surface area contributed by atoms with Crippen LogP contribution in [0.25, 0.3) is 11.5 Å². The molecule has 1 fully saturated rings. The van der Waals surface area contributed by atoms with Crippen LogP contribution in [0.2, 0.25) is 0 Å². The Bertz CT molecular complexity index is 571. The van der Waals surface area contributed by atoms with Gasteiger partial charge >= 0.3 is 0 Å². The van der Waals surface area contributed by atoms with Crippen LogP contribution in [0, 0.1) is 6.92 Å². The summed E-state index contributed by atoms with van der Waals surface area (Å²) in [5, 5.41) is 4.19. The largest absolute Gasteiger partial charge is 0.384 e. The number of methoxy groups -OCH3 is 1. The average molecular weight is 273 g/mol. The minimum atomic E-state index is -0.0748. The zero-order chi connectivity index (χ0) is 14.0. The minimum Gasteiger partial charge on any atom is -0.384 e. The first-order valence-corrected chi connectivity index (χ1v) is 7.00. The van der Waals surface area contributed by atoms with E-state index in [2.05, 4.69) is 15.1 Å². The molecule has 0 N–H and O–H groups in total. The van der Waals surface area contributed by atoms with Crippen LogP contribution in [0.5, 0.6) is 0 Å². The maximum atomic E-state index is 5.42. The summed E-state index contributed by atoms with van der Waals surface area (Å²) in [5.41, 5.74) is 1.76. The van der Waals surface area contributed by atoms with Crippen molar-refractivity contribution in [2.75, 3.05) is 13.7 Å². The quantitative estimate of drug-likeness (QED) is 0.857. The molecule has 5 nitrogen and oxygen atoms in total. The van der Waals surface area contributed by atoms with Crippen molar-refractivity contribution >= 4 is 0 Å². The predicted molar refractivity (Wildman–Crippen MR) is 74.3 cm³/mol. The van der Waals surface area contributed by atoms with Gasteiger partial charge in [0, 0.05) is 19.0 Å².